The molecular weight excluding hydrogens is 346 g/mol. The van der Waals surface area contributed by atoms with Crippen molar-refractivity contribution < 1.29 is 19.4 Å². The zero-order valence-corrected chi connectivity index (χ0v) is 16.0. The smallest absolute Gasteiger partial charge is 0.317 e. The van der Waals surface area contributed by atoms with Crippen molar-refractivity contribution in [3.8, 4) is 0 Å². The number of hydrogen-bond acceptors (Lipinski definition) is 4. The molecule has 2 unspecified atom stereocenters. The summed E-state index contributed by atoms with van der Waals surface area (Å²) in [6, 6.07) is 10.3. The molecule has 148 valence electrons. The summed E-state index contributed by atoms with van der Waals surface area (Å²) in [5.74, 6) is -0.807. The average molecular weight is 375 g/mol. The maximum Gasteiger partial charge on any atom is 0.317 e. The number of rotatable bonds is 6. The number of nitrogens with one attached hydrogen (secondary N) is 1. The Labute approximate surface area is 160 Å². The molecule has 2 amide bonds. The lowest BCUT2D eigenvalue weighted by Crippen LogP contribution is -2.58. The lowest BCUT2D eigenvalue weighted by Gasteiger charge is -2.44. The van der Waals surface area contributed by atoms with E-state index in [1.807, 2.05) is 54.0 Å². The number of hydrogen-bond donors (Lipinski definition) is 2. The van der Waals surface area contributed by atoms with Crippen LogP contribution in [-0.2, 0) is 9.53 Å². The van der Waals surface area contributed by atoms with Gasteiger partial charge in [-0.25, -0.2) is 4.79 Å². The van der Waals surface area contributed by atoms with Crippen LogP contribution in [0.1, 0.15) is 38.4 Å². The molecule has 1 heterocycles. The highest BCUT2D eigenvalue weighted by Gasteiger charge is 2.36. The van der Waals surface area contributed by atoms with Gasteiger partial charge in [0.25, 0.3) is 0 Å². The molecule has 0 aromatic heterocycles. The first-order chi connectivity index (χ1) is 13.0. The molecule has 1 saturated heterocycles. The number of carbonyl (C=O) groups excluding carboxylic acids is 1. The van der Waals surface area contributed by atoms with Crippen LogP contribution in [0.25, 0.3) is 0 Å². The topological polar surface area (TPSA) is 82.1 Å². The molecule has 2 N–H and O–H groups in total. The van der Waals surface area contributed by atoms with Crippen molar-refractivity contribution in [3.05, 3.63) is 35.9 Å². The monoisotopic (exact) mass is 375 g/mol. The van der Waals surface area contributed by atoms with Crippen molar-refractivity contribution in [2.24, 2.45) is 0 Å². The number of nitrogens with zero attached hydrogens (tertiary/aromatic N) is 2. The third-order valence-electron chi connectivity index (χ3n) is 5.42. The summed E-state index contributed by atoms with van der Waals surface area (Å²) >= 11 is 0. The normalized spacial score (nSPS) is 27.9. The van der Waals surface area contributed by atoms with E-state index in [1.165, 1.54) is 0 Å². The first kappa shape index (κ1) is 19.6. The van der Waals surface area contributed by atoms with E-state index >= 15 is 0 Å². The van der Waals surface area contributed by atoms with E-state index in [2.05, 4.69) is 5.32 Å². The van der Waals surface area contributed by atoms with Crippen LogP contribution in [0, 0.1) is 0 Å². The lowest BCUT2D eigenvalue weighted by atomic mass is 9.85. The Morgan fingerprint density at radius 2 is 1.96 bits per heavy atom. The van der Waals surface area contributed by atoms with E-state index in [1.54, 1.807) is 0 Å². The van der Waals surface area contributed by atoms with Gasteiger partial charge in [0.05, 0.1) is 19.2 Å². The third kappa shape index (κ3) is 4.99. The highest BCUT2D eigenvalue weighted by atomic mass is 16.5. The maximum atomic E-state index is 12.7. The first-order valence-electron chi connectivity index (χ1n) is 9.68. The number of carboxylic acids is 1. The minimum Gasteiger partial charge on any atom is -0.480 e. The number of ether oxygens (including phenoxy) is 1. The number of aliphatic carboxylic acids is 1. The Bertz CT molecular complexity index is 648. The summed E-state index contributed by atoms with van der Waals surface area (Å²) in [4.78, 5) is 27.4. The number of carbonyl (C=O) groups is 2. The molecule has 1 aliphatic heterocycles. The third-order valence-corrected chi connectivity index (χ3v) is 5.42. The Balaban J connectivity index is 1.50. The molecule has 7 nitrogen and oxygen atoms in total. The van der Waals surface area contributed by atoms with Crippen LogP contribution in [0.4, 0.5) is 4.79 Å². The van der Waals surface area contributed by atoms with Gasteiger partial charge in [-0.1, -0.05) is 37.3 Å². The zero-order valence-electron chi connectivity index (χ0n) is 16.0. The Kier molecular flexibility index (Phi) is 6.34. The molecule has 2 atom stereocenters. The second kappa shape index (κ2) is 8.71. The molecule has 1 aromatic rings. The molecule has 27 heavy (non-hydrogen) atoms. The van der Waals surface area contributed by atoms with Crippen LogP contribution in [0.2, 0.25) is 0 Å². The van der Waals surface area contributed by atoms with Crippen molar-refractivity contribution in [1.82, 2.24) is 15.1 Å². The molecule has 7 heteroatoms. The number of carboxylic acid groups (broad SMARTS) is 1. The molecule has 1 aromatic carbocycles. The van der Waals surface area contributed by atoms with Gasteiger partial charge < -0.3 is 20.1 Å². The average Bonchev–Trinajstić information content (AvgIpc) is 2.62. The van der Waals surface area contributed by atoms with Gasteiger partial charge in [0.2, 0.25) is 0 Å². The van der Waals surface area contributed by atoms with Crippen LogP contribution >= 0.6 is 0 Å². The minimum absolute atomic E-state index is 0.0185. The van der Waals surface area contributed by atoms with Crippen LogP contribution in [0.3, 0.4) is 0 Å². The van der Waals surface area contributed by atoms with Crippen molar-refractivity contribution in [1.29, 1.82) is 0 Å². The quantitative estimate of drug-likeness (QED) is 0.796. The zero-order chi connectivity index (χ0) is 19.4. The van der Waals surface area contributed by atoms with Gasteiger partial charge in [0.1, 0.15) is 6.10 Å². The van der Waals surface area contributed by atoms with E-state index in [0.29, 0.717) is 19.6 Å². The SMILES string of the molecule is CCN(CC(=O)O)C1CC(NC(=O)N2CC(C)OC(c3ccccc3)C2)C1. The van der Waals surface area contributed by atoms with Gasteiger partial charge in [-0.2, -0.15) is 0 Å². The summed E-state index contributed by atoms with van der Waals surface area (Å²) in [6.07, 6.45) is 1.47. The molecular formula is C20H29N3O4. The standard InChI is InChI=1S/C20H29N3O4/c1-3-22(13-19(24)25)17-9-16(10-17)21-20(26)23-11-14(2)27-18(12-23)15-7-5-4-6-8-15/h4-8,14,16-18H,3,9-13H2,1-2H3,(H,21,26)(H,24,25). The molecule has 1 saturated carbocycles. The van der Waals surface area contributed by atoms with Crippen molar-refractivity contribution in [3.63, 3.8) is 0 Å². The van der Waals surface area contributed by atoms with Crippen molar-refractivity contribution >= 4 is 12.0 Å². The van der Waals surface area contributed by atoms with Gasteiger partial charge in [-0.15, -0.1) is 0 Å². The van der Waals surface area contributed by atoms with Crippen molar-refractivity contribution in [2.75, 3.05) is 26.2 Å². The van der Waals surface area contributed by atoms with Gasteiger partial charge >= 0.3 is 12.0 Å². The van der Waals surface area contributed by atoms with Crippen molar-refractivity contribution in [2.45, 2.75) is 51.0 Å². The predicted octanol–water partition coefficient (Wildman–Crippen LogP) is 2.10. The van der Waals surface area contributed by atoms with Crippen LogP contribution < -0.4 is 5.32 Å². The van der Waals surface area contributed by atoms with E-state index in [4.69, 9.17) is 9.84 Å². The Hall–Kier alpha value is -2.12. The lowest BCUT2D eigenvalue weighted by molar-refractivity contribution is -0.139. The maximum absolute atomic E-state index is 12.7. The van der Waals surface area contributed by atoms with Gasteiger partial charge in [-0.05, 0) is 31.9 Å². The summed E-state index contributed by atoms with van der Waals surface area (Å²) in [5, 5.41) is 12.1. The van der Waals surface area contributed by atoms with E-state index in [0.717, 1.165) is 18.4 Å². The summed E-state index contributed by atoms with van der Waals surface area (Å²) < 4.78 is 6.01. The van der Waals surface area contributed by atoms with Crippen LogP contribution in [0.5, 0.6) is 0 Å². The number of benzene rings is 1. The van der Waals surface area contributed by atoms with Crippen LogP contribution in [0.15, 0.2) is 30.3 Å². The fraction of sp³-hybridized carbons (Fsp3) is 0.600. The fourth-order valence-electron chi connectivity index (χ4n) is 3.91. The largest absolute Gasteiger partial charge is 0.480 e. The Morgan fingerprint density at radius 1 is 1.26 bits per heavy atom. The number of morpholine rings is 1. The summed E-state index contributed by atoms with van der Waals surface area (Å²) in [7, 11) is 0. The second-order valence-corrected chi connectivity index (χ2v) is 7.48. The molecule has 3 rings (SSSR count). The van der Waals surface area contributed by atoms with Gasteiger partial charge in [0.15, 0.2) is 0 Å². The minimum atomic E-state index is -0.807. The van der Waals surface area contributed by atoms with Gasteiger partial charge in [-0.3, -0.25) is 9.69 Å². The highest BCUT2D eigenvalue weighted by Crippen LogP contribution is 2.28. The molecule has 2 fully saturated rings. The van der Waals surface area contributed by atoms with E-state index in [-0.39, 0.29) is 36.9 Å². The number of urea groups is 1. The first-order valence-corrected chi connectivity index (χ1v) is 9.68. The second-order valence-electron chi connectivity index (χ2n) is 7.48. The number of likely N-dealkylation sites (N-methyl/N-ethyl adjacent to an activating group) is 1. The predicted molar refractivity (Wildman–Crippen MR) is 102 cm³/mol. The molecule has 0 bridgehead atoms. The fourth-order valence-corrected chi connectivity index (χ4v) is 3.91. The van der Waals surface area contributed by atoms with Crippen LogP contribution in [-0.4, -0.2) is 71.3 Å². The van der Waals surface area contributed by atoms with Gasteiger partial charge in [0, 0.05) is 18.6 Å². The summed E-state index contributed by atoms with van der Waals surface area (Å²) in [5.41, 5.74) is 1.08. The summed E-state index contributed by atoms with van der Waals surface area (Å²) in [6.45, 7) is 5.83. The number of amides is 2. The molecule has 1 aliphatic carbocycles. The molecule has 2 aliphatic rings. The van der Waals surface area contributed by atoms with E-state index < -0.39 is 5.97 Å². The van der Waals surface area contributed by atoms with E-state index in [9.17, 15) is 9.59 Å². The highest BCUT2D eigenvalue weighted by molar-refractivity contribution is 5.75. The molecule has 0 radical (unpaired) electrons. The molecule has 0 spiro atoms. The Morgan fingerprint density at radius 3 is 2.59 bits per heavy atom.